The van der Waals surface area contributed by atoms with E-state index in [1.165, 1.54) is 23.5 Å². The second-order valence-corrected chi connectivity index (χ2v) is 7.03. The predicted octanol–water partition coefficient (Wildman–Crippen LogP) is 4.18. The normalized spacial score (nSPS) is 17.2. The first kappa shape index (κ1) is 16.1. The summed E-state index contributed by atoms with van der Waals surface area (Å²) in [7, 11) is 0. The average Bonchev–Trinajstić information content (AvgIpc) is 3.23. The molecule has 1 unspecified atom stereocenters. The highest BCUT2D eigenvalue weighted by atomic mass is 32.1. The van der Waals surface area contributed by atoms with Gasteiger partial charge in [-0.2, -0.15) is 15.6 Å². The molecule has 0 radical (unpaired) electrons. The largest absolute Gasteiger partial charge is 0.357 e. The van der Waals surface area contributed by atoms with E-state index in [2.05, 4.69) is 27.7 Å². The molecule has 0 fully saturated rings. The second kappa shape index (κ2) is 6.14. The zero-order valence-corrected chi connectivity index (χ0v) is 14.5. The Morgan fingerprint density at radius 2 is 1.88 bits per heavy atom. The summed E-state index contributed by atoms with van der Waals surface area (Å²) in [6, 6.07) is 12.4. The quantitative estimate of drug-likeness (QED) is 0.716. The van der Waals surface area contributed by atoms with E-state index in [9.17, 15) is 14.9 Å². The third-order valence-corrected chi connectivity index (χ3v) is 5.50. The minimum absolute atomic E-state index is 0.342. The number of rotatable bonds is 2. The van der Waals surface area contributed by atoms with E-state index >= 15 is 0 Å². The van der Waals surface area contributed by atoms with Gasteiger partial charge in [0.15, 0.2) is 0 Å². The van der Waals surface area contributed by atoms with Crippen LogP contribution in [0.15, 0.2) is 53.4 Å². The molecule has 0 saturated heterocycles. The highest BCUT2D eigenvalue weighted by Crippen LogP contribution is 2.43. The molecular weight excluding hydrogens is 349 g/mol. The number of nitrogens with one attached hydrogen (secondary N) is 2. The van der Waals surface area contributed by atoms with Crippen LogP contribution in [0.4, 0.5) is 4.39 Å². The van der Waals surface area contributed by atoms with Crippen molar-refractivity contribution in [3.05, 3.63) is 69.6 Å². The number of nitriles is 2. The Kier molecular flexibility index (Phi) is 3.80. The van der Waals surface area contributed by atoms with Crippen molar-refractivity contribution in [3.63, 3.8) is 0 Å². The summed E-state index contributed by atoms with van der Waals surface area (Å²) in [4.78, 5) is 0.891. The lowest BCUT2D eigenvalue weighted by molar-refractivity contribution is 0.627. The lowest BCUT2D eigenvalue weighted by atomic mass is 9.84. The minimum atomic E-state index is -0.461. The minimum Gasteiger partial charge on any atom is -0.357 e. The van der Waals surface area contributed by atoms with Crippen LogP contribution in [-0.4, -0.2) is 10.2 Å². The molecule has 3 aromatic rings. The Labute approximate surface area is 152 Å². The van der Waals surface area contributed by atoms with Crippen molar-refractivity contribution >= 4 is 27.3 Å². The zero-order valence-electron chi connectivity index (χ0n) is 13.7. The Balaban J connectivity index is 1.93. The van der Waals surface area contributed by atoms with E-state index in [1.807, 2.05) is 13.0 Å². The van der Waals surface area contributed by atoms with Gasteiger partial charge in [-0.05, 0) is 42.8 Å². The maximum atomic E-state index is 13.3. The predicted molar refractivity (Wildman–Crippen MR) is 97.1 cm³/mol. The summed E-state index contributed by atoms with van der Waals surface area (Å²) in [5, 5.41) is 29.6. The first-order valence-electron chi connectivity index (χ1n) is 7.83. The van der Waals surface area contributed by atoms with E-state index in [4.69, 9.17) is 0 Å². The molecule has 1 aliphatic heterocycles. The van der Waals surface area contributed by atoms with Crippen molar-refractivity contribution in [2.45, 2.75) is 12.8 Å². The number of hydrogen-bond acceptors (Lipinski definition) is 5. The lowest BCUT2D eigenvalue weighted by Crippen LogP contribution is -2.23. The Morgan fingerprint density at radius 1 is 1.15 bits per heavy atom. The van der Waals surface area contributed by atoms with Gasteiger partial charge < -0.3 is 5.32 Å². The molecule has 126 valence electrons. The molecule has 1 aliphatic rings. The number of hydrogen-bond donors (Lipinski definition) is 2. The molecule has 2 N–H and O–H groups in total. The molecule has 5 nitrogen and oxygen atoms in total. The van der Waals surface area contributed by atoms with Crippen molar-refractivity contribution in [1.29, 1.82) is 10.5 Å². The molecule has 1 atom stereocenters. The molecule has 0 saturated carbocycles. The van der Waals surface area contributed by atoms with Crippen LogP contribution in [0.3, 0.4) is 0 Å². The molecule has 3 heterocycles. The smallest absolute Gasteiger partial charge is 0.123 e. The molecule has 7 heteroatoms. The van der Waals surface area contributed by atoms with Gasteiger partial charge >= 0.3 is 0 Å². The fourth-order valence-electron chi connectivity index (χ4n) is 3.14. The molecule has 0 aliphatic carbocycles. The fourth-order valence-corrected chi connectivity index (χ4v) is 4.24. The van der Waals surface area contributed by atoms with Gasteiger partial charge in [0.25, 0.3) is 0 Å². The van der Waals surface area contributed by atoms with Crippen LogP contribution in [0, 0.1) is 28.5 Å². The van der Waals surface area contributed by atoms with Crippen LogP contribution in [0.25, 0.3) is 15.9 Å². The number of thiophene rings is 1. The molecule has 26 heavy (non-hydrogen) atoms. The summed E-state index contributed by atoms with van der Waals surface area (Å²) < 4.78 is 14.3. The Morgan fingerprint density at radius 3 is 2.54 bits per heavy atom. The number of allylic oxidation sites excluding steroid dienone is 3. The summed E-state index contributed by atoms with van der Waals surface area (Å²) in [5.74, 6) is -0.803. The Hall–Kier alpha value is -3.42. The first-order valence-corrected chi connectivity index (χ1v) is 8.65. The van der Waals surface area contributed by atoms with Gasteiger partial charge in [-0.15, -0.1) is 11.3 Å². The van der Waals surface area contributed by atoms with E-state index in [0.29, 0.717) is 28.1 Å². The summed E-state index contributed by atoms with van der Waals surface area (Å²) >= 11 is 1.50. The van der Waals surface area contributed by atoms with Crippen LogP contribution in [0.1, 0.15) is 23.3 Å². The Bertz CT molecular complexity index is 1120. The van der Waals surface area contributed by atoms with Crippen LogP contribution < -0.4 is 5.32 Å². The van der Waals surface area contributed by atoms with Gasteiger partial charge in [-0.25, -0.2) is 4.39 Å². The van der Waals surface area contributed by atoms with Gasteiger partial charge in [0, 0.05) is 10.6 Å². The van der Waals surface area contributed by atoms with E-state index in [1.54, 1.807) is 18.3 Å². The highest BCUT2D eigenvalue weighted by molar-refractivity contribution is 7.19. The number of benzene rings is 1. The molecule has 0 amide bonds. The number of nitrogens with zero attached hydrogens (tertiary/aromatic N) is 3. The summed E-state index contributed by atoms with van der Waals surface area (Å²) in [5.41, 5.74) is 3.81. The summed E-state index contributed by atoms with van der Waals surface area (Å²) in [6.45, 7) is 1.81. The molecule has 4 rings (SSSR count). The van der Waals surface area contributed by atoms with Crippen molar-refractivity contribution in [1.82, 2.24) is 15.5 Å². The van der Waals surface area contributed by atoms with Crippen LogP contribution >= 0.6 is 11.3 Å². The number of H-pyrrole nitrogens is 1. The van der Waals surface area contributed by atoms with Crippen molar-refractivity contribution in [2.75, 3.05) is 0 Å². The van der Waals surface area contributed by atoms with Crippen molar-refractivity contribution in [3.8, 4) is 12.1 Å². The van der Waals surface area contributed by atoms with E-state index < -0.39 is 5.92 Å². The van der Waals surface area contributed by atoms with Crippen LogP contribution in [0.2, 0.25) is 0 Å². The second-order valence-electron chi connectivity index (χ2n) is 5.91. The van der Waals surface area contributed by atoms with Gasteiger partial charge in [0.1, 0.15) is 5.82 Å². The number of fused-ring (bicyclic) bond motifs is 1. The van der Waals surface area contributed by atoms with Crippen molar-refractivity contribution in [2.24, 2.45) is 0 Å². The SMILES string of the molecule is CC1=C(C#N)C(c2cc3[nH]ncc3s2)C(C#N)=C(c2ccc(F)cc2)N1. The maximum Gasteiger partial charge on any atom is 0.123 e. The number of aromatic amines is 1. The third kappa shape index (κ3) is 2.46. The van der Waals surface area contributed by atoms with Gasteiger partial charge in [0.2, 0.25) is 0 Å². The van der Waals surface area contributed by atoms with E-state index in [-0.39, 0.29) is 5.82 Å². The maximum absolute atomic E-state index is 13.3. The first-order chi connectivity index (χ1) is 12.6. The molecule has 2 aromatic heterocycles. The zero-order chi connectivity index (χ0) is 18.3. The molecular formula is C19H12FN5S. The monoisotopic (exact) mass is 361 g/mol. The number of halogens is 1. The van der Waals surface area contributed by atoms with Gasteiger partial charge in [-0.1, -0.05) is 0 Å². The topological polar surface area (TPSA) is 88.3 Å². The molecule has 0 bridgehead atoms. The van der Waals surface area contributed by atoms with E-state index in [0.717, 1.165) is 15.1 Å². The standard InChI is InChI=1S/C19H12FN5S/c1-10-13(7-21)18(16-6-15-17(26-16)9-23-25-15)14(8-22)19(24-10)11-2-4-12(20)5-3-11/h2-6,9,18,24H,1H3,(H,23,25). The highest BCUT2D eigenvalue weighted by Gasteiger charge is 2.32. The average molecular weight is 361 g/mol. The lowest BCUT2D eigenvalue weighted by Gasteiger charge is -2.27. The molecule has 0 spiro atoms. The van der Waals surface area contributed by atoms with Crippen molar-refractivity contribution < 1.29 is 4.39 Å². The van der Waals surface area contributed by atoms with Gasteiger partial charge in [-0.3, -0.25) is 5.10 Å². The van der Waals surface area contributed by atoms with Crippen LogP contribution in [-0.2, 0) is 0 Å². The number of aromatic nitrogens is 2. The summed E-state index contributed by atoms with van der Waals surface area (Å²) in [6.07, 6.45) is 1.73. The fraction of sp³-hybridized carbons (Fsp3) is 0.105. The third-order valence-electron chi connectivity index (χ3n) is 4.37. The molecule has 1 aromatic carbocycles. The van der Waals surface area contributed by atoms with Crippen LogP contribution in [0.5, 0.6) is 0 Å². The van der Waals surface area contributed by atoms with Gasteiger partial charge in [0.05, 0.1) is 51.3 Å². The number of dihydropyridines is 1.